The summed E-state index contributed by atoms with van der Waals surface area (Å²) in [6.45, 7) is 6.19. The molecule has 0 atom stereocenters. The first-order chi connectivity index (χ1) is 14.8. The lowest BCUT2D eigenvalue weighted by Crippen LogP contribution is -2.38. The van der Waals surface area contributed by atoms with Crippen molar-refractivity contribution in [3.63, 3.8) is 0 Å². The fraction of sp³-hybridized carbons (Fsp3) is 0.583. The Morgan fingerprint density at radius 1 is 1.17 bits per heavy atom. The molecule has 2 aromatic rings. The molecule has 2 N–H and O–H groups in total. The number of hydrogen-bond acceptors (Lipinski definition) is 3. The Balaban J connectivity index is 1.38. The van der Waals surface area contributed by atoms with Gasteiger partial charge in [-0.05, 0) is 31.7 Å². The minimum atomic E-state index is 0.480. The number of ether oxygens (including phenoxy) is 1. The molecule has 0 spiro atoms. The monoisotopic (exact) mass is 411 g/mol. The fourth-order valence-electron chi connectivity index (χ4n) is 3.86. The van der Waals surface area contributed by atoms with Crippen molar-refractivity contribution in [1.82, 2.24) is 20.2 Å². The zero-order valence-corrected chi connectivity index (χ0v) is 18.4. The highest BCUT2D eigenvalue weighted by molar-refractivity contribution is 5.79. The maximum atomic E-state index is 6.00. The largest absolute Gasteiger partial charge is 0.378 e. The van der Waals surface area contributed by atoms with Crippen LogP contribution in [0.1, 0.15) is 56.8 Å². The van der Waals surface area contributed by atoms with Gasteiger partial charge in [-0.3, -0.25) is 4.99 Å². The van der Waals surface area contributed by atoms with Crippen molar-refractivity contribution < 1.29 is 4.74 Å². The first-order valence-corrected chi connectivity index (χ1v) is 11.5. The fourth-order valence-corrected chi connectivity index (χ4v) is 3.86. The number of imidazole rings is 1. The number of hydrogen-bond donors (Lipinski definition) is 2. The average molecular weight is 412 g/mol. The van der Waals surface area contributed by atoms with Crippen molar-refractivity contribution >= 4 is 5.96 Å². The highest BCUT2D eigenvalue weighted by atomic mass is 16.5. The van der Waals surface area contributed by atoms with Crippen molar-refractivity contribution in [1.29, 1.82) is 0 Å². The smallest absolute Gasteiger partial charge is 0.191 e. The first kappa shape index (κ1) is 22.3. The molecule has 1 aromatic heterocycles. The van der Waals surface area contributed by atoms with E-state index in [0.29, 0.717) is 6.10 Å². The van der Waals surface area contributed by atoms with Gasteiger partial charge >= 0.3 is 0 Å². The van der Waals surface area contributed by atoms with Gasteiger partial charge in [0.25, 0.3) is 0 Å². The normalized spacial score (nSPS) is 15.3. The molecule has 0 bridgehead atoms. The lowest BCUT2D eigenvalue weighted by molar-refractivity contribution is 0.0281. The molecule has 0 radical (unpaired) electrons. The van der Waals surface area contributed by atoms with Crippen LogP contribution in [-0.2, 0) is 17.7 Å². The summed E-state index contributed by atoms with van der Waals surface area (Å²) in [5.74, 6) is 1.96. The van der Waals surface area contributed by atoms with E-state index in [1.54, 1.807) is 0 Å². The molecular weight excluding hydrogens is 374 g/mol. The topological polar surface area (TPSA) is 63.5 Å². The minimum absolute atomic E-state index is 0.480. The third-order valence-corrected chi connectivity index (χ3v) is 5.46. The first-order valence-electron chi connectivity index (χ1n) is 11.5. The number of rotatable bonds is 11. The summed E-state index contributed by atoms with van der Waals surface area (Å²) >= 11 is 0. The molecule has 3 rings (SSSR count). The summed E-state index contributed by atoms with van der Waals surface area (Å²) in [6.07, 6.45) is 12.7. The molecule has 1 saturated carbocycles. The van der Waals surface area contributed by atoms with Crippen LogP contribution in [0.4, 0.5) is 0 Å². The summed E-state index contributed by atoms with van der Waals surface area (Å²) in [6, 6.07) is 10.5. The van der Waals surface area contributed by atoms with Crippen LogP contribution in [0.2, 0.25) is 0 Å². The molecule has 0 saturated heterocycles. The summed E-state index contributed by atoms with van der Waals surface area (Å²) in [5.41, 5.74) is 1.29. The van der Waals surface area contributed by atoms with Crippen molar-refractivity contribution in [2.45, 2.75) is 64.5 Å². The van der Waals surface area contributed by atoms with Gasteiger partial charge in [0.1, 0.15) is 5.82 Å². The third-order valence-electron chi connectivity index (χ3n) is 5.46. The van der Waals surface area contributed by atoms with Gasteiger partial charge in [0.2, 0.25) is 0 Å². The Kier molecular flexibility index (Phi) is 9.73. The highest BCUT2D eigenvalue weighted by Gasteiger charge is 2.13. The Hall–Kier alpha value is -2.34. The van der Waals surface area contributed by atoms with Crippen LogP contribution in [0.3, 0.4) is 0 Å². The quantitative estimate of drug-likeness (QED) is 0.336. The van der Waals surface area contributed by atoms with Crippen LogP contribution < -0.4 is 10.6 Å². The molecule has 0 aliphatic heterocycles. The summed E-state index contributed by atoms with van der Waals surface area (Å²) in [5, 5.41) is 6.76. The standard InChI is InChI=1S/C24H37N5O/c1-2-25-24(27-15-9-19-30-22-12-7-4-8-13-22)28-16-14-23-26-17-18-29(23)20-21-10-5-3-6-11-21/h3,5-6,10-11,17-18,22H,2,4,7-9,12-16,19-20H2,1H3,(H2,25,27,28). The Bertz CT molecular complexity index is 737. The molecule has 1 fully saturated rings. The van der Waals surface area contributed by atoms with Gasteiger partial charge in [-0.2, -0.15) is 0 Å². The van der Waals surface area contributed by atoms with E-state index in [-0.39, 0.29) is 0 Å². The van der Waals surface area contributed by atoms with E-state index in [0.717, 1.165) is 57.4 Å². The average Bonchev–Trinajstić information content (AvgIpc) is 3.21. The summed E-state index contributed by atoms with van der Waals surface area (Å²) in [4.78, 5) is 9.22. The van der Waals surface area contributed by atoms with E-state index in [4.69, 9.17) is 9.73 Å². The number of aliphatic imine (C=N–C) groups is 1. The third kappa shape index (κ3) is 7.82. The van der Waals surface area contributed by atoms with E-state index >= 15 is 0 Å². The zero-order chi connectivity index (χ0) is 20.9. The zero-order valence-electron chi connectivity index (χ0n) is 18.4. The second-order valence-corrected chi connectivity index (χ2v) is 7.88. The van der Waals surface area contributed by atoms with E-state index in [2.05, 4.69) is 51.4 Å². The van der Waals surface area contributed by atoms with Gasteiger partial charge < -0.3 is 19.9 Å². The molecule has 1 aliphatic carbocycles. The molecule has 1 aliphatic rings. The maximum absolute atomic E-state index is 6.00. The lowest BCUT2D eigenvalue weighted by atomic mass is 9.98. The Morgan fingerprint density at radius 2 is 2.00 bits per heavy atom. The lowest BCUT2D eigenvalue weighted by Gasteiger charge is -2.21. The van der Waals surface area contributed by atoms with Gasteiger partial charge in [0.05, 0.1) is 6.10 Å². The van der Waals surface area contributed by atoms with E-state index in [9.17, 15) is 0 Å². The van der Waals surface area contributed by atoms with Crippen LogP contribution in [0.5, 0.6) is 0 Å². The van der Waals surface area contributed by atoms with Crippen molar-refractivity contribution in [3.05, 3.63) is 54.1 Å². The summed E-state index contributed by atoms with van der Waals surface area (Å²) in [7, 11) is 0. The van der Waals surface area contributed by atoms with Crippen LogP contribution in [-0.4, -0.2) is 47.9 Å². The molecule has 6 heteroatoms. The van der Waals surface area contributed by atoms with E-state index in [1.807, 2.05) is 18.5 Å². The van der Waals surface area contributed by atoms with Gasteiger partial charge in [-0.15, -0.1) is 0 Å². The van der Waals surface area contributed by atoms with Gasteiger partial charge in [0.15, 0.2) is 5.96 Å². The minimum Gasteiger partial charge on any atom is -0.378 e. The number of nitrogens with zero attached hydrogens (tertiary/aromatic N) is 3. The molecule has 1 heterocycles. The molecule has 1 aromatic carbocycles. The predicted octanol–water partition coefficient (Wildman–Crippen LogP) is 3.77. The second kappa shape index (κ2) is 13.1. The van der Waals surface area contributed by atoms with Crippen molar-refractivity contribution in [2.24, 2.45) is 4.99 Å². The number of benzene rings is 1. The van der Waals surface area contributed by atoms with Crippen LogP contribution in [0.25, 0.3) is 0 Å². The number of aromatic nitrogens is 2. The van der Waals surface area contributed by atoms with E-state index < -0.39 is 0 Å². The predicted molar refractivity (Wildman–Crippen MR) is 123 cm³/mol. The number of guanidine groups is 1. The molecule has 6 nitrogen and oxygen atoms in total. The Morgan fingerprint density at radius 3 is 2.80 bits per heavy atom. The number of nitrogens with one attached hydrogen (secondary N) is 2. The maximum Gasteiger partial charge on any atom is 0.191 e. The molecule has 0 unspecified atom stereocenters. The summed E-state index contributed by atoms with van der Waals surface area (Å²) < 4.78 is 8.21. The molecular formula is C24H37N5O. The van der Waals surface area contributed by atoms with Crippen molar-refractivity contribution in [3.8, 4) is 0 Å². The highest BCUT2D eigenvalue weighted by Crippen LogP contribution is 2.20. The van der Waals surface area contributed by atoms with Gasteiger partial charge in [0, 0.05) is 51.6 Å². The molecule has 30 heavy (non-hydrogen) atoms. The second-order valence-electron chi connectivity index (χ2n) is 7.88. The van der Waals surface area contributed by atoms with E-state index in [1.165, 1.54) is 37.7 Å². The van der Waals surface area contributed by atoms with Crippen LogP contribution in [0.15, 0.2) is 47.7 Å². The van der Waals surface area contributed by atoms with Gasteiger partial charge in [-0.1, -0.05) is 49.6 Å². The Labute approximate surface area is 181 Å². The molecule has 0 amide bonds. The van der Waals surface area contributed by atoms with Crippen LogP contribution in [0, 0.1) is 0 Å². The van der Waals surface area contributed by atoms with Crippen molar-refractivity contribution in [2.75, 3.05) is 26.2 Å². The van der Waals surface area contributed by atoms with Gasteiger partial charge in [-0.25, -0.2) is 4.98 Å². The SMILES string of the molecule is CCNC(=NCCCOC1CCCCC1)NCCc1nccn1Cc1ccccc1. The molecule has 164 valence electrons. The van der Waals surface area contributed by atoms with Crippen LogP contribution >= 0.6 is 0 Å².